The van der Waals surface area contributed by atoms with Crippen LogP contribution in [-0.4, -0.2) is 63.0 Å². The van der Waals surface area contributed by atoms with E-state index in [1.165, 1.54) is 0 Å². The fraction of sp³-hybridized carbons (Fsp3) is 0.350. The molecule has 1 aliphatic heterocycles. The lowest BCUT2D eigenvalue weighted by Gasteiger charge is -2.27. The Hall–Kier alpha value is -4.48. The summed E-state index contributed by atoms with van der Waals surface area (Å²) in [5.74, 6) is 6.84. The highest BCUT2D eigenvalue weighted by Gasteiger charge is 2.26. The van der Waals surface area contributed by atoms with Crippen molar-refractivity contribution in [3.8, 4) is 34.2 Å². The minimum atomic E-state index is -0.249. The molecule has 1 aliphatic carbocycles. The molecular formula is C40H44N6O. The lowest BCUT2D eigenvalue weighted by molar-refractivity contribution is 0.109. The number of aliphatic hydroxyl groups is 1. The van der Waals surface area contributed by atoms with Gasteiger partial charge in [0.1, 0.15) is 11.1 Å². The highest BCUT2D eigenvalue weighted by molar-refractivity contribution is 6.02. The number of nitrogens with one attached hydrogen (secondary N) is 2. The first-order valence-corrected chi connectivity index (χ1v) is 17.1. The average Bonchev–Trinajstić information content (AvgIpc) is 3.44. The molecule has 7 nitrogen and oxygen atoms in total. The Kier molecular flexibility index (Phi) is 9.62. The lowest BCUT2D eigenvalue weighted by Crippen LogP contribution is -2.43. The fourth-order valence-electron chi connectivity index (χ4n) is 7.24. The van der Waals surface area contributed by atoms with Crippen molar-refractivity contribution in [2.45, 2.75) is 57.2 Å². The summed E-state index contributed by atoms with van der Waals surface area (Å²) in [7, 11) is 0. The Morgan fingerprint density at radius 2 is 1.60 bits per heavy atom. The molecule has 5 aromatic rings. The molecule has 1 saturated heterocycles. The number of fused-ring (bicyclic) bond motifs is 1. The van der Waals surface area contributed by atoms with Crippen molar-refractivity contribution in [2.24, 2.45) is 0 Å². The van der Waals surface area contributed by atoms with Crippen LogP contribution in [0.2, 0.25) is 0 Å². The number of piperazine rings is 1. The highest BCUT2D eigenvalue weighted by atomic mass is 16.3. The Morgan fingerprint density at radius 1 is 0.872 bits per heavy atom. The molecule has 0 amide bonds. The Morgan fingerprint density at radius 3 is 2.34 bits per heavy atom. The molecule has 0 bridgehead atoms. The van der Waals surface area contributed by atoms with E-state index < -0.39 is 0 Å². The minimum Gasteiger partial charge on any atom is -0.393 e. The van der Waals surface area contributed by atoms with Crippen LogP contribution in [0.5, 0.6) is 0 Å². The molecule has 47 heavy (non-hydrogen) atoms. The summed E-state index contributed by atoms with van der Waals surface area (Å²) in [6.07, 6.45) is 6.80. The van der Waals surface area contributed by atoms with Crippen molar-refractivity contribution in [3.05, 3.63) is 108 Å². The monoisotopic (exact) mass is 624 g/mol. The van der Waals surface area contributed by atoms with Crippen LogP contribution in [0.4, 0.5) is 0 Å². The number of aliphatic hydroxyl groups excluding tert-OH is 1. The van der Waals surface area contributed by atoms with Crippen LogP contribution in [0.3, 0.4) is 0 Å². The van der Waals surface area contributed by atoms with Gasteiger partial charge in [0.05, 0.1) is 23.5 Å². The van der Waals surface area contributed by atoms with Crippen LogP contribution in [0.15, 0.2) is 91.3 Å². The smallest absolute Gasteiger partial charge is 0.146 e. The number of unbranched alkanes of at least 4 members (excludes halogenated alkanes) is 1. The van der Waals surface area contributed by atoms with Crippen LogP contribution in [0.25, 0.3) is 33.4 Å². The summed E-state index contributed by atoms with van der Waals surface area (Å²) in [4.78, 5) is 7.62. The molecule has 2 aliphatic rings. The van der Waals surface area contributed by atoms with E-state index in [1.807, 2.05) is 23.0 Å². The molecule has 240 valence electrons. The fourth-order valence-corrected chi connectivity index (χ4v) is 7.24. The number of hydrogen-bond donors (Lipinski definition) is 3. The first-order chi connectivity index (χ1) is 23.2. The molecule has 1 saturated carbocycles. The summed E-state index contributed by atoms with van der Waals surface area (Å²) in [6.45, 7) is 6.13. The molecule has 0 unspecified atom stereocenters. The normalized spacial score (nSPS) is 18.6. The van der Waals surface area contributed by atoms with Gasteiger partial charge >= 0.3 is 0 Å². The second-order valence-electron chi connectivity index (χ2n) is 12.9. The van der Waals surface area contributed by atoms with Crippen molar-refractivity contribution in [2.75, 3.05) is 32.7 Å². The van der Waals surface area contributed by atoms with Crippen molar-refractivity contribution < 1.29 is 5.11 Å². The summed E-state index contributed by atoms with van der Waals surface area (Å²) in [5.41, 5.74) is 7.73. The summed E-state index contributed by atoms with van der Waals surface area (Å²) in [6, 6.07) is 29.7. The molecule has 2 fully saturated rings. The highest BCUT2D eigenvalue weighted by Crippen LogP contribution is 2.40. The van der Waals surface area contributed by atoms with Crippen LogP contribution in [-0.2, 0) is 6.54 Å². The van der Waals surface area contributed by atoms with E-state index in [1.54, 1.807) is 0 Å². The van der Waals surface area contributed by atoms with E-state index in [-0.39, 0.29) is 12.1 Å². The van der Waals surface area contributed by atoms with E-state index in [2.05, 4.69) is 99.4 Å². The quantitative estimate of drug-likeness (QED) is 0.142. The third-order valence-corrected chi connectivity index (χ3v) is 9.69. The summed E-state index contributed by atoms with van der Waals surface area (Å²) >= 11 is 0. The predicted molar refractivity (Wildman–Crippen MR) is 189 cm³/mol. The molecule has 2 aromatic heterocycles. The molecule has 0 atom stereocenters. The van der Waals surface area contributed by atoms with E-state index in [0.717, 1.165) is 116 Å². The van der Waals surface area contributed by atoms with Gasteiger partial charge in [-0.15, -0.1) is 0 Å². The van der Waals surface area contributed by atoms with E-state index >= 15 is 0 Å². The zero-order chi connectivity index (χ0) is 32.0. The van der Waals surface area contributed by atoms with E-state index in [0.29, 0.717) is 12.0 Å². The average molecular weight is 625 g/mol. The Balaban J connectivity index is 1.28. The Labute approximate surface area is 277 Å². The van der Waals surface area contributed by atoms with Gasteiger partial charge in [0.2, 0.25) is 0 Å². The SMILES string of the molecule is N=c1c2c(-c3ccccc3)c(-c3ccccc3)n(Cc3cccc(C#CCCCN4CCNCC4)c3)c2ncn1C1CCC(O)CC1. The maximum Gasteiger partial charge on any atom is 0.146 e. The maximum absolute atomic E-state index is 10.2. The maximum atomic E-state index is 10.2. The van der Waals surface area contributed by atoms with Gasteiger partial charge in [0.25, 0.3) is 0 Å². The van der Waals surface area contributed by atoms with Gasteiger partial charge < -0.3 is 24.5 Å². The van der Waals surface area contributed by atoms with Gasteiger partial charge in [-0.2, -0.15) is 0 Å². The second-order valence-corrected chi connectivity index (χ2v) is 12.9. The van der Waals surface area contributed by atoms with Crippen LogP contribution in [0, 0.1) is 17.3 Å². The van der Waals surface area contributed by atoms with Gasteiger partial charge in [0, 0.05) is 56.3 Å². The lowest BCUT2D eigenvalue weighted by atomic mass is 9.93. The van der Waals surface area contributed by atoms with Gasteiger partial charge in [-0.05, 0) is 67.5 Å². The van der Waals surface area contributed by atoms with Crippen molar-refractivity contribution in [1.29, 1.82) is 5.41 Å². The standard InChI is InChI=1S/C40H44N6O/c41-39-37-36(32-14-5-1-6-15-32)38(33-16-7-2-8-17-33)45(40(37)43-29-46(39)34-18-20-35(47)21-19-34)28-31-13-10-12-30(27-31)11-4-3-9-24-44-25-22-42-23-26-44/h1-2,5-8,10,12-17,27,29,34-35,41-42,47H,3,9,18-26,28H2. The number of benzene rings is 3. The van der Waals surface area contributed by atoms with Crippen molar-refractivity contribution in [3.63, 3.8) is 0 Å². The van der Waals surface area contributed by atoms with Gasteiger partial charge in [-0.3, -0.25) is 5.41 Å². The second kappa shape index (κ2) is 14.5. The molecule has 0 radical (unpaired) electrons. The number of aromatic nitrogens is 3. The van der Waals surface area contributed by atoms with Crippen LogP contribution < -0.4 is 10.8 Å². The zero-order valence-corrected chi connectivity index (χ0v) is 27.0. The molecule has 7 rings (SSSR count). The third-order valence-electron chi connectivity index (χ3n) is 9.69. The molecule has 3 aromatic carbocycles. The molecular weight excluding hydrogens is 580 g/mol. The minimum absolute atomic E-state index is 0.155. The zero-order valence-electron chi connectivity index (χ0n) is 27.0. The summed E-state index contributed by atoms with van der Waals surface area (Å²) < 4.78 is 4.33. The molecule has 3 N–H and O–H groups in total. The van der Waals surface area contributed by atoms with Crippen LogP contribution in [0.1, 0.15) is 55.7 Å². The van der Waals surface area contributed by atoms with Crippen molar-refractivity contribution >= 4 is 11.0 Å². The van der Waals surface area contributed by atoms with E-state index in [4.69, 9.17) is 4.98 Å². The third kappa shape index (κ3) is 6.96. The first-order valence-electron chi connectivity index (χ1n) is 17.1. The van der Waals surface area contributed by atoms with E-state index in [9.17, 15) is 10.5 Å². The topological polar surface area (TPSA) is 82.1 Å². The number of rotatable bonds is 8. The number of nitrogens with zero attached hydrogens (tertiary/aromatic N) is 4. The van der Waals surface area contributed by atoms with Gasteiger partial charge in [-0.25, -0.2) is 4.98 Å². The molecule has 0 spiro atoms. The summed E-state index contributed by atoms with van der Waals surface area (Å²) in [5, 5.41) is 24.1. The van der Waals surface area contributed by atoms with Crippen LogP contribution >= 0.6 is 0 Å². The number of hydrogen-bond acceptors (Lipinski definition) is 5. The van der Waals surface area contributed by atoms with Crippen molar-refractivity contribution in [1.82, 2.24) is 24.3 Å². The largest absolute Gasteiger partial charge is 0.393 e. The van der Waals surface area contributed by atoms with Gasteiger partial charge in [0.15, 0.2) is 0 Å². The molecule has 7 heteroatoms. The molecule has 3 heterocycles. The van der Waals surface area contributed by atoms with Gasteiger partial charge in [-0.1, -0.05) is 84.6 Å². The first kappa shape index (κ1) is 31.1. The predicted octanol–water partition coefficient (Wildman–Crippen LogP) is 6.21. The Bertz CT molecular complexity index is 1920.